The molecule has 1 fully saturated rings. The zero-order valence-electron chi connectivity index (χ0n) is 17.7. The van der Waals surface area contributed by atoms with Crippen LogP contribution in [0.25, 0.3) is 0 Å². The molecule has 1 heterocycles. The van der Waals surface area contributed by atoms with E-state index < -0.39 is 10.0 Å². The molecule has 1 aliphatic rings. The van der Waals surface area contributed by atoms with Crippen molar-refractivity contribution in [2.75, 3.05) is 32.5 Å². The van der Waals surface area contributed by atoms with Crippen LogP contribution in [0.3, 0.4) is 0 Å². The highest BCUT2D eigenvalue weighted by Crippen LogP contribution is 2.28. The molecule has 0 atom stereocenters. The first-order valence-electron chi connectivity index (χ1n) is 10.3. The molecule has 1 amide bonds. The number of nitrogens with one attached hydrogen (secondary N) is 1. The Balaban J connectivity index is 1.41. The van der Waals surface area contributed by atoms with Crippen LogP contribution >= 0.6 is 35.0 Å². The Kier molecular flexibility index (Phi) is 9.13. The number of carbonyl (C=O) groups is 1. The van der Waals surface area contributed by atoms with Gasteiger partial charge in [-0.15, -0.1) is 0 Å². The number of hydrogen-bond acceptors (Lipinski definition) is 5. The number of thioether (sulfide) groups is 1. The van der Waals surface area contributed by atoms with E-state index in [2.05, 4.69) is 5.32 Å². The van der Waals surface area contributed by atoms with E-state index in [-0.39, 0.29) is 16.7 Å². The van der Waals surface area contributed by atoms with Crippen LogP contribution in [0.1, 0.15) is 18.4 Å². The lowest BCUT2D eigenvalue weighted by molar-refractivity contribution is -0.125. The quantitative estimate of drug-likeness (QED) is 0.498. The summed E-state index contributed by atoms with van der Waals surface area (Å²) in [6.07, 6.45) is 1.01. The van der Waals surface area contributed by atoms with Crippen molar-refractivity contribution in [2.45, 2.75) is 23.5 Å². The van der Waals surface area contributed by atoms with Crippen molar-refractivity contribution in [1.82, 2.24) is 9.62 Å². The van der Waals surface area contributed by atoms with E-state index in [4.69, 9.17) is 27.9 Å². The molecular weight excluding hydrogens is 491 g/mol. The van der Waals surface area contributed by atoms with Crippen molar-refractivity contribution in [3.63, 3.8) is 0 Å². The number of sulfonamides is 1. The second-order valence-electron chi connectivity index (χ2n) is 7.40. The molecule has 3 rings (SSSR count). The first-order valence-corrected chi connectivity index (χ1v) is 13.6. The van der Waals surface area contributed by atoms with E-state index >= 15 is 0 Å². The van der Waals surface area contributed by atoms with Crippen LogP contribution in [0.5, 0.6) is 5.75 Å². The summed E-state index contributed by atoms with van der Waals surface area (Å²) in [7, 11) is -2.04. The van der Waals surface area contributed by atoms with Crippen LogP contribution in [0.15, 0.2) is 47.4 Å². The smallest absolute Gasteiger partial charge is 0.243 e. The van der Waals surface area contributed by atoms with Gasteiger partial charge in [-0.25, -0.2) is 8.42 Å². The zero-order valence-corrected chi connectivity index (χ0v) is 20.9. The summed E-state index contributed by atoms with van der Waals surface area (Å²) in [5.74, 6) is 1.81. The molecule has 1 aliphatic heterocycles. The maximum absolute atomic E-state index is 12.8. The number of methoxy groups -OCH3 is 1. The summed E-state index contributed by atoms with van der Waals surface area (Å²) in [4.78, 5) is 12.7. The van der Waals surface area contributed by atoms with E-state index in [1.54, 1.807) is 36.0 Å². The lowest BCUT2D eigenvalue weighted by Gasteiger charge is -2.30. The number of rotatable bonds is 9. The van der Waals surface area contributed by atoms with E-state index in [1.165, 1.54) is 11.4 Å². The molecule has 0 radical (unpaired) electrons. The van der Waals surface area contributed by atoms with Gasteiger partial charge in [0.2, 0.25) is 15.9 Å². The SMILES string of the molecule is COc1ccc(S(=O)(=O)N2CCC(C(=O)NCCSCc3c(Cl)cccc3Cl)CC2)cc1. The van der Waals surface area contributed by atoms with Crippen molar-refractivity contribution in [3.05, 3.63) is 58.1 Å². The molecular formula is C22H26Cl2N2O4S2. The molecule has 0 aromatic heterocycles. The molecule has 6 nitrogen and oxygen atoms in total. The van der Waals surface area contributed by atoms with Gasteiger partial charge in [0.05, 0.1) is 12.0 Å². The highest BCUT2D eigenvalue weighted by molar-refractivity contribution is 7.98. The Morgan fingerprint density at radius 2 is 1.75 bits per heavy atom. The van der Waals surface area contributed by atoms with Crippen LogP contribution < -0.4 is 10.1 Å². The minimum Gasteiger partial charge on any atom is -0.497 e. The lowest BCUT2D eigenvalue weighted by atomic mass is 9.97. The van der Waals surface area contributed by atoms with E-state index in [1.807, 2.05) is 18.2 Å². The van der Waals surface area contributed by atoms with Crippen LogP contribution in [0.2, 0.25) is 10.0 Å². The predicted molar refractivity (Wildman–Crippen MR) is 130 cm³/mol. The topological polar surface area (TPSA) is 75.7 Å². The van der Waals surface area contributed by atoms with Crippen molar-refractivity contribution < 1.29 is 17.9 Å². The first kappa shape index (κ1) is 25.2. The molecule has 174 valence electrons. The molecule has 10 heteroatoms. The van der Waals surface area contributed by atoms with Crippen LogP contribution in [-0.2, 0) is 20.6 Å². The monoisotopic (exact) mass is 516 g/mol. The van der Waals surface area contributed by atoms with E-state index in [0.717, 1.165) is 11.3 Å². The van der Waals surface area contributed by atoms with Gasteiger partial charge in [0.15, 0.2) is 0 Å². The van der Waals surface area contributed by atoms with Gasteiger partial charge >= 0.3 is 0 Å². The van der Waals surface area contributed by atoms with Gasteiger partial charge in [-0.2, -0.15) is 16.1 Å². The molecule has 2 aromatic rings. The minimum absolute atomic E-state index is 0.0251. The highest BCUT2D eigenvalue weighted by Gasteiger charge is 2.32. The third kappa shape index (κ3) is 6.32. The van der Waals surface area contributed by atoms with Crippen molar-refractivity contribution in [3.8, 4) is 5.75 Å². The van der Waals surface area contributed by atoms with Crippen molar-refractivity contribution in [2.24, 2.45) is 5.92 Å². The van der Waals surface area contributed by atoms with Gasteiger partial charge in [-0.05, 0) is 54.8 Å². The second kappa shape index (κ2) is 11.6. The summed E-state index contributed by atoms with van der Waals surface area (Å²) in [6, 6.07) is 11.8. The van der Waals surface area contributed by atoms with Gasteiger partial charge in [0.25, 0.3) is 0 Å². The van der Waals surface area contributed by atoms with Crippen molar-refractivity contribution in [1.29, 1.82) is 0 Å². The summed E-state index contributed by atoms with van der Waals surface area (Å²) < 4.78 is 32.2. The number of benzene rings is 2. The number of ether oxygens (including phenoxy) is 1. The van der Waals surface area contributed by atoms with Gasteiger partial charge in [-0.3, -0.25) is 4.79 Å². The normalized spacial score (nSPS) is 15.5. The van der Waals surface area contributed by atoms with Gasteiger partial charge in [0, 0.05) is 47.1 Å². The van der Waals surface area contributed by atoms with Gasteiger partial charge < -0.3 is 10.1 Å². The van der Waals surface area contributed by atoms with Gasteiger partial charge in [-0.1, -0.05) is 29.3 Å². The highest BCUT2D eigenvalue weighted by atomic mass is 35.5. The average Bonchev–Trinajstić information content (AvgIpc) is 2.80. The molecule has 0 spiro atoms. The molecule has 0 bridgehead atoms. The van der Waals surface area contributed by atoms with Gasteiger partial charge in [0.1, 0.15) is 5.75 Å². The fraction of sp³-hybridized carbons (Fsp3) is 0.409. The fourth-order valence-electron chi connectivity index (χ4n) is 3.49. The van der Waals surface area contributed by atoms with Crippen molar-refractivity contribution >= 4 is 50.9 Å². The fourth-order valence-corrected chi connectivity index (χ4v) is 6.56. The molecule has 2 aromatic carbocycles. The molecule has 0 aliphatic carbocycles. The van der Waals surface area contributed by atoms with Crippen LogP contribution in [0, 0.1) is 5.92 Å². The number of hydrogen-bond donors (Lipinski definition) is 1. The molecule has 1 N–H and O–H groups in total. The predicted octanol–water partition coefficient (Wildman–Crippen LogP) is 4.45. The third-order valence-corrected chi connectivity index (χ3v) is 8.98. The summed E-state index contributed by atoms with van der Waals surface area (Å²) in [5.41, 5.74) is 0.901. The maximum atomic E-state index is 12.8. The number of amides is 1. The number of nitrogens with zero attached hydrogens (tertiary/aromatic N) is 1. The molecule has 1 saturated heterocycles. The minimum atomic E-state index is -3.57. The van der Waals surface area contributed by atoms with E-state index in [0.29, 0.717) is 54.0 Å². The maximum Gasteiger partial charge on any atom is 0.243 e. The second-order valence-corrected chi connectivity index (χ2v) is 11.3. The zero-order chi connectivity index (χ0) is 23.1. The number of piperidine rings is 1. The Bertz CT molecular complexity index is 1000. The standard InChI is InChI=1S/C22H26Cl2N2O4S2/c1-30-17-5-7-18(8-6-17)32(28,29)26-12-9-16(10-13-26)22(27)25-11-14-31-15-19-20(23)3-2-4-21(19)24/h2-8,16H,9-15H2,1H3,(H,25,27). The Hall–Kier alpha value is -1.45. The summed E-state index contributed by atoms with van der Waals surface area (Å²) in [5, 5.41) is 4.25. The van der Waals surface area contributed by atoms with Crippen LogP contribution in [0.4, 0.5) is 0 Å². The Morgan fingerprint density at radius 1 is 1.12 bits per heavy atom. The van der Waals surface area contributed by atoms with E-state index in [9.17, 15) is 13.2 Å². The van der Waals surface area contributed by atoms with Crippen LogP contribution in [-0.4, -0.2) is 51.1 Å². The summed E-state index contributed by atoms with van der Waals surface area (Å²) in [6.45, 7) is 1.19. The number of halogens is 2. The lowest BCUT2D eigenvalue weighted by Crippen LogP contribution is -2.43. The molecule has 32 heavy (non-hydrogen) atoms. The number of carbonyl (C=O) groups excluding carboxylic acids is 1. The molecule has 0 saturated carbocycles. The molecule has 0 unspecified atom stereocenters. The largest absolute Gasteiger partial charge is 0.497 e. The first-order chi connectivity index (χ1) is 15.3. The average molecular weight is 518 g/mol. The Labute approximate surface area is 203 Å². The third-order valence-electron chi connectivity index (χ3n) is 5.38. The Morgan fingerprint density at radius 3 is 2.34 bits per heavy atom. The summed E-state index contributed by atoms with van der Waals surface area (Å²) >= 11 is 14.0.